The van der Waals surface area contributed by atoms with Crippen LogP contribution < -0.4 is 10.6 Å². The van der Waals surface area contributed by atoms with E-state index in [0.29, 0.717) is 13.1 Å². The largest absolute Gasteiger partial charge is 0.353 e. The molecule has 2 N–H and O–H groups in total. The molecule has 1 saturated heterocycles. The summed E-state index contributed by atoms with van der Waals surface area (Å²) >= 11 is 1.48. The van der Waals surface area contributed by atoms with Crippen molar-refractivity contribution in [2.45, 2.75) is 32.2 Å². The van der Waals surface area contributed by atoms with Crippen LogP contribution in [0.2, 0.25) is 0 Å². The summed E-state index contributed by atoms with van der Waals surface area (Å²) in [5, 5.41) is 8.39. The fourth-order valence-electron chi connectivity index (χ4n) is 2.17. The first-order valence-electron chi connectivity index (χ1n) is 6.61. The molecule has 0 aromatic carbocycles. The Labute approximate surface area is 117 Å². The summed E-state index contributed by atoms with van der Waals surface area (Å²) in [6.45, 7) is 3.17. The average Bonchev–Trinajstić information content (AvgIpc) is 2.90. The van der Waals surface area contributed by atoms with E-state index in [1.807, 2.05) is 17.5 Å². The fourth-order valence-corrected chi connectivity index (χ4v) is 2.78. The number of urea groups is 1. The van der Waals surface area contributed by atoms with E-state index in [2.05, 4.69) is 17.6 Å². The first-order chi connectivity index (χ1) is 9.22. The van der Waals surface area contributed by atoms with Gasteiger partial charge in [-0.2, -0.15) is 0 Å². The molecular formula is C13H19N3O2S. The molecule has 5 nitrogen and oxygen atoms in total. The van der Waals surface area contributed by atoms with Crippen LogP contribution in [-0.2, 0) is 4.79 Å². The number of thiophene rings is 1. The van der Waals surface area contributed by atoms with Crippen LogP contribution in [0, 0.1) is 0 Å². The summed E-state index contributed by atoms with van der Waals surface area (Å²) in [6, 6.07) is 3.22. The van der Waals surface area contributed by atoms with Gasteiger partial charge in [0, 0.05) is 13.1 Å². The lowest BCUT2D eigenvalue weighted by Gasteiger charge is -2.34. The first kappa shape index (κ1) is 13.9. The second kappa shape index (κ2) is 6.56. The number of nitrogens with zero attached hydrogens (tertiary/aromatic N) is 1. The minimum atomic E-state index is -0.339. The van der Waals surface area contributed by atoms with Crippen LogP contribution in [0.1, 0.15) is 26.2 Å². The lowest BCUT2D eigenvalue weighted by molar-refractivity contribution is -0.127. The van der Waals surface area contributed by atoms with Gasteiger partial charge in [-0.1, -0.05) is 19.8 Å². The van der Waals surface area contributed by atoms with Crippen molar-refractivity contribution >= 4 is 28.3 Å². The molecule has 1 fully saturated rings. The number of carbonyl (C=O) groups is 2. The lowest BCUT2D eigenvalue weighted by atomic mass is 10.1. The van der Waals surface area contributed by atoms with Gasteiger partial charge in [0.2, 0.25) is 5.91 Å². The van der Waals surface area contributed by atoms with E-state index in [4.69, 9.17) is 0 Å². The van der Waals surface area contributed by atoms with Gasteiger partial charge in [0.15, 0.2) is 0 Å². The van der Waals surface area contributed by atoms with Crippen molar-refractivity contribution in [1.82, 2.24) is 10.2 Å². The van der Waals surface area contributed by atoms with E-state index >= 15 is 0 Å². The zero-order valence-corrected chi connectivity index (χ0v) is 11.8. The number of rotatable bonds is 4. The molecule has 3 amide bonds. The molecule has 2 heterocycles. The number of amides is 3. The monoisotopic (exact) mass is 281 g/mol. The van der Waals surface area contributed by atoms with Gasteiger partial charge in [-0.25, -0.2) is 4.79 Å². The summed E-state index contributed by atoms with van der Waals surface area (Å²) in [5.74, 6) is -0.0407. The Hall–Kier alpha value is -1.56. The summed E-state index contributed by atoms with van der Waals surface area (Å²) in [5.41, 5.74) is 0. The van der Waals surface area contributed by atoms with Gasteiger partial charge >= 0.3 is 6.03 Å². The van der Waals surface area contributed by atoms with Crippen LogP contribution in [0.4, 0.5) is 9.80 Å². The van der Waals surface area contributed by atoms with E-state index < -0.39 is 0 Å². The van der Waals surface area contributed by atoms with Crippen molar-refractivity contribution in [3.05, 3.63) is 17.5 Å². The molecule has 0 bridgehead atoms. The number of unbranched alkanes of at least 4 members (excludes halogenated alkanes) is 1. The van der Waals surface area contributed by atoms with Crippen molar-refractivity contribution in [3.63, 3.8) is 0 Å². The molecule has 1 unspecified atom stereocenters. The lowest BCUT2D eigenvalue weighted by Crippen LogP contribution is -2.58. The highest BCUT2D eigenvalue weighted by atomic mass is 32.1. The van der Waals surface area contributed by atoms with Gasteiger partial charge in [0.25, 0.3) is 0 Å². The number of hydrogen-bond donors (Lipinski definition) is 2. The second-order valence-corrected chi connectivity index (χ2v) is 5.50. The van der Waals surface area contributed by atoms with E-state index in [-0.39, 0.29) is 18.0 Å². The van der Waals surface area contributed by atoms with E-state index in [9.17, 15) is 9.59 Å². The quantitative estimate of drug-likeness (QED) is 0.889. The maximum Gasteiger partial charge on any atom is 0.323 e. The van der Waals surface area contributed by atoms with Crippen molar-refractivity contribution in [1.29, 1.82) is 0 Å². The maximum atomic E-state index is 12.2. The van der Waals surface area contributed by atoms with Crippen molar-refractivity contribution in [2.24, 2.45) is 0 Å². The highest BCUT2D eigenvalue weighted by molar-refractivity contribution is 7.14. The molecule has 0 radical (unpaired) electrons. The predicted molar refractivity (Wildman–Crippen MR) is 76.4 cm³/mol. The van der Waals surface area contributed by atoms with Gasteiger partial charge in [-0.05, 0) is 23.9 Å². The minimum Gasteiger partial charge on any atom is -0.353 e. The number of carbonyl (C=O) groups excluding carboxylic acids is 2. The molecule has 0 spiro atoms. The normalized spacial score (nSPS) is 19.1. The molecule has 1 aromatic rings. The SMILES string of the molecule is CCCCC1C(=O)NCCN1C(=O)Nc1cccs1. The Morgan fingerprint density at radius 1 is 1.63 bits per heavy atom. The number of hydrogen-bond acceptors (Lipinski definition) is 3. The molecule has 1 aliphatic heterocycles. The summed E-state index contributed by atoms with van der Waals surface area (Å²) in [6.07, 6.45) is 2.69. The molecule has 19 heavy (non-hydrogen) atoms. The standard InChI is InChI=1S/C13H19N3O2S/c1-2-3-5-10-12(17)14-7-8-16(10)13(18)15-11-6-4-9-19-11/h4,6,9-10H,2-3,5,7-8H2,1H3,(H,14,17)(H,15,18). The van der Waals surface area contributed by atoms with Crippen molar-refractivity contribution in [2.75, 3.05) is 18.4 Å². The molecule has 104 valence electrons. The highest BCUT2D eigenvalue weighted by Crippen LogP contribution is 2.18. The van der Waals surface area contributed by atoms with E-state index in [1.165, 1.54) is 11.3 Å². The number of nitrogens with one attached hydrogen (secondary N) is 2. The average molecular weight is 281 g/mol. The third-order valence-electron chi connectivity index (χ3n) is 3.17. The zero-order chi connectivity index (χ0) is 13.7. The van der Waals surface area contributed by atoms with Crippen LogP contribution in [0.3, 0.4) is 0 Å². The summed E-state index contributed by atoms with van der Waals surface area (Å²) in [7, 11) is 0. The number of piperazine rings is 1. The predicted octanol–water partition coefficient (Wildman–Crippen LogP) is 2.27. The van der Waals surface area contributed by atoms with Crippen LogP contribution in [0.5, 0.6) is 0 Å². The third kappa shape index (κ3) is 3.47. The number of anilines is 1. The molecule has 1 aliphatic rings. The van der Waals surface area contributed by atoms with E-state index in [1.54, 1.807) is 4.90 Å². The maximum absolute atomic E-state index is 12.2. The zero-order valence-electron chi connectivity index (χ0n) is 11.0. The highest BCUT2D eigenvalue weighted by Gasteiger charge is 2.32. The van der Waals surface area contributed by atoms with Gasteiger partial charge in [0.1, 0.15) is 6.04 Å². The fraction of sp³-hybridized carbons (Fsp3) is 0.538. The smallest absolute Gasteiger partial charge is 0.323 e. The van der Waals surface area contributed by atoms with Gasteiger partial charge in [-0.3, -0.25) is 10.1 Å². The summed E-state index contributed by atoms with van der Waals surface area (Å²) < 4.78 is 0. The molecule has 2 rings (SSSR count). The molecular weight excluding hydrogens is 262 g/mol. The molecule has 1 aromatic heterocycles. The Morgan fingerprint density at radius 2 is 2.47 bits per heavy atom. The Kier molecular flexibility index (Phi) is 4.79. The summed E-state index contributed by atoms with van der Waals surface area (Å²) in [4.78, 5) is 25.8. The topological polar surface area (TPSA) is 61.4 Å². The van der Waals surface area contributed by atoms with Crippen LogP contribution >= 0.6 is 11.3 Å². The van der Waals surface area contributed by atoms with E-state index in [0.717, 1.165) is 24.3 Å². The molecule has 0 aliphatic carbocycles. The molecule has 6 heteroatoms. The van der Waals surface area contributed by atoms with Gasteiger partial charge in [-0.15, -0.1) is 11.3 Å². The van der Waals surface area contributed by atoms with Crippen LogP contribution in [0.15, 0.2) is 17.5 Å². The molecule has 1 atom stereocenters. The Balaban J connectivity index is 2.01. The van der Waals surface area contributed by atoms with Gasteiger partial charge < -0.3 is 10.2 Å². The van der Waals surface area contributed by atoms with Gasteiger partial charge in [0.05, 0.1) is 5.00 Å². The Morgan fingerprint density at radius 3 is 3.16 bits per heavy atom. The van der Waals surface area contributed by atoms with Crippen molar-refractivity contribution in [3.8, 4) is 0 Å². The van der Waals surface area contributed by atoms with Crippen molar-refractivity contribution < 1.29 is 9.59 Å². The van der Waals surface area contributed by atoms with Crippen LogP contribution in [0.25, 0.3) is 0 Å². The minimum absolute atomic E-state index is 0.0407. The first-order valence-corrected chi connectivity index (χ1v) is 7.49. The third-order valence-corrected chi connectivity index (χ3v) is 3.96. The van der Waals surface area contributed by atoms with Crippen LogP contribution in [-0.4, -0.2) is 36.0 Å². The molecule has 0 saturated carbocycles. The second-order valence-electron chi connectivity index (χ2n) is 4.55. The Bertz CT molecular complexity index is 433.